The van der Waals surface area contributed by atoms with Crippen LogP contribution in [0.5, 0.6) is 0 Å². The summed E-state index contributed by atoms with van der Waals surface area (Å²) in [6.07, 6.45) is 7.86. The zero-order valence-electron chi connectivity index (χ0n) is 15.2. The van der Waals surface area contributed by atoms with Gasteiger partial charge in [-0.3, -0.25) is 4.98 Å². The van der Waals surface area contributed by atoms with E-state index in [0.29, 0.717) is 31.8 Å². The molecule has 5 heteroatoms. The monoisotopic (exact) mass is 333 g/mol. The van der Waals surface area contributed by atoms with Gasteiger partial charge in [0.2, 0.25) is 0 Å². The average Bonchev–Trinajstić information content (AvgIpc) is 2.56. The van der Waals surface area contributed by atoms with Gasteiger partial charge in [0.25, 0.3) is 0 Å². The van der Waals surface area contributed by atoms with E-state index >= 15 is 0 Å². The summed E-state index contributed by atoms with van der Waals surface area (Å²) in [6, 6.07) is 3.92. The quantitative estimate of drug-likeness (QED) is 0.839. The lowest BCUT2D eigenvalue weighted by atomic mass is 9.85. The van der Waals surface area contributed by atoms with E-state index in [0.717, 1.165) is 18.4 Å². The third kappa shape index (κ3) is 5.20. The number of aromatic nitrogens is 1. The van der Waals surface area contributed by atoms with Crippen LogP contribution in [0.15, 0.2) is 24.5 Å². The van der Waals surface area contributed by atoms with Crippen molar-refractivity contribution in [1.82, 2.24) is 15.2 Å². The van der Waals surface area contributed by atoms with Gasteiger partial charge in [-0.25, -0.2) is 4.79 Å². The van der Waals surface area contributed by atoms with E-state index < -0.39 is 5.60 Å². The summed E-state index contributed by atoms with van der Waals surface area (Å²) in [5, 5.41) is 13.9. The van der Waals surface area contributed by atoms with E-state index in [4.69, 9.17) is 0 Å². The second-order valence-electron chi connectivity index (χ2n) is 7.44. The Morgan fingerprint density at radius 1 is 1.33 bits per heavy atom. The first-order chi connectivity index (χ1) is 11.4. The Kier molecular flexibility index (Phi) is 6.60. The van der Waals surface area contributed by atoms with Crippen LogP contribution in [0.4, 0.5) is 4.79 Å². The van der Waals surface area contributed by atoms with Crippen molar-refractivity contribution in [2.24, 2.45) is 5.92 Å². The number of piperidine rings is 1. The molecule has 2 amide bonds. The van der Waals surface area contributed by atoms with Gasteiger partial charge in [0.05, 0.1) is 5.60 Å². The van der Waals surface area contributed by atoms with Gasteiger partial charge in [-0.05, 0) is 38.2 Å². The lowest BCUT2D eigenvalue weighted by Gasteiger charge is -2.38. The largest absolute Gasteiger partial charge is 0.385 e. The van der Waals surface area contributed by atoms with Gasteiger partial charge < -0.3 is 15.3 Å². The highest BCUT2D eigenvalue weighted by Crippen LogP contribution is 2.32. The third-order valence-corrected chi connectivity index (χ3v) is 4.87. The number of carbonyl (C=O) groups excluding carboxylic acids is 1. The van der Waals surface area contributed by atoms with E-state index in [2.05, 4.69) is 31.1 Å². The molecular formula is C19H31N3O2. The van der Waals surface area contributed by atoms with Gasteiger partial charge in [0.15, 0.2) is 0 Å². The highest BCUT2D eigenvalue weighted by Gasteiger charge is 2.35. The Balaban J connectivity index is 1.78. The molecule has 24 heavy (non-hydrogen) atoms. The Morgan fingerprint density at radius 3 is 2.62 bits per heavy atom. The van der Waals surface area contributed by atoms with Crippen molar-refractivity contribution < 1.29 is 9.90 Å². The number of amides is 2. The molecule has 1 aliphatic heterocycles. The van der Waals surface area contributed by atoms with Gasteiger partial charge in [0.1, 0.15) is 0 Å². The van der Waals surface area contributed by atoms with Crippen molar-refractivity contribution in [1.29, 1.82) is 0 Å². The number of pyridine rings is 1. The number of hydrogen-bond acceptors (Lipinski definition) is 3. The standard InChI is InChI=1S/C19H31N3O2/c1-15(2)6-4-7-16(3)21-18(23)22-12-9-19(24,10-13-22)17-8-5-11-20-14-17/h5,8,11,14-16,24H,4,6-7,9-10,12-13H2,1-3H3,(H,21,23)/t16-/m0/s1. The highest BCUT2D eigenvalue weighted by atomic mass is 16.3. The molecule has 0 radical (unpaired) electrons. The molecular weight excluding hydrogens is 302 g/mol. The molecule has 1 aromatic heterocycles. The molecule has 0 aromatic carbocycles. The van der Waals surface area contributed by atoms with Crippen LogP contribution in [-0.4, -0.2) is 40.2 Å². The van der Waals surface area contributed by atoms with Crippen molar-refractivity contribution in [3.05, 3.63) is 30.1 Å². The molecule has 2 rings (SSSR count). The molecule has 0 aliphatic carbocycles. The second kappa shape index (κ2) is 8.47. The summed E-state index contributed by atoms with van der Waals surface area (Å²) < 4.78 is 0. The Hall–Kier alpha value is -1.62. The summed E-state index contributed by atoms with van der Waals surface area (Å²) in [7, 11) is 0. The molecule has 5 nitrogen and oxygen atoms in total. The van der Waals surface area contributed by atoms with Crippen molar-refractivity contribution in [2.45, 2.75) is 64.5 Å². The van der Waals surface area contributed by atoms with Crippen LogP contribution in [0.2, 0.25) is 0 Å². The van der Waals surface area contributed by atoms with Gasteiger partial charge in [-0.15, -0.1) is 0 Å². The van der Waals surface area contributed by atoms with Gasteiger partial charge in [-0.1, -0.05) is 32.8 Å². The molecule has 1 aromatic rings. The van der Waals surface area contributed by atoms with Gasteiger partial charge >= 0.3 is 6.03 Å². The molecule has 0 unspecified atom stereocenters. The first-order valence-electron chi connectivity index (χ1n) is 9.09. The smallest absolute Gasteiger partial charge is 0.317 e. The van der Waals surface area contributed by atoms with Crippen LogP contribution in [-0.2, 0) is 5.60 Å². The number of aliphatic hydroxyl groups is 1. The van der Waals surface area contributed by atoms with Crippen LogP contribution in [0.1, 0.15) is 58.4 Å². The van der Waals surface area contributed by atoms with Crippen LogP contribution < -0.4 is 5.32 Å². The first kappa shape index (κ1) is 18.7. The van der Waals surface area contributed by atoms with Crippen molar-refractivity contribution in [2.75, 3.05) is 13.1 Å². The summed E-state index contributed by atoms with van der Waals surface area (Å²) in [4.78, 5) is 18.3. The average molecular weight is 333 g/mol. The number of nitrogens with one attached hydrogen (secondary N) is 1. The van der Waals surface area contributed by atoms with Crippen LogP contribution in [0.3, 0.4) is 0 Å². The zero-order valence-corrected chi connectivity index (χ0v) is 15.2. The Bertz CT molecular complexity index is 511. The van der Waals surface area contributed by atoms with Crippen LogP contribution in [0.25, 0.3) is 0 Å². The predicted molar refractivity (Wildman–Crippen MR) is 95.6 cm³/mol. The minimum absolute atomic E-state index is 0.0136. The normalized spacial score (nSPS) is 18.5. The van der Waals surface area contributed by atoms with Crippen molar-refractivity contribution >= 4 is 6.03 Å². The molecule has 0 bridgehead atoms. The third-order valence-electron chi connectivity index (χ3n) is 4.87. The lowest BCUT2D eigenvalue weighted by molar-refractivity contribution is -0.0172. The highest BCUT2D eigenvalue weighted by molar-refractivity contribution is 5.74. The molecule has 1 fully saturated rings. The Morgan fingerprint density at radius 2 is 2.04 bits per heavy atom. The molecule has 1 aliphatic rings. The van der Waals surface area contributed by atoms with Crippen LogP contribution in [0, 0.1) is 5.92 Å². The van der Waals surface area contributed by atoms with E-state index in [1.165, 1.54) is 6.42 Å². The molecule has 134 valence electrons. The lowest BCUT2D eigenvalue weighted by Crippen LogP contribution is -2.50. The van der Waals surface area contributed by atoms with E-state index in [1.807, 2.05) is 17.0 Å². The summed E-state index contributed by atoms with van der Waals surface area (Å²) >= 11 is 0. The molecule has 1 saturated heterocycles. The topological polar surface area (TPSA) is 65.5 Å². The number of nitrogens with zero attached hydrogens (tertiary/aromatic N) is 2. The van der Waals surface area contributed by atoms with Gasteiger partial charge in [-0.2, -0.15) is 0 Å². The molecule has 0 saturated carbocycles. The van der Waals surface area contributed by atoms with Crippen molar-refractivity contribution in [3.8, 4) is 0 Å². The maximum Gasteiger partial charge on any atom is 0.317 e. The fourth-order valence-corrected chi connectivity index (χ4v) is 3.21. The number of likely N-dealkylation sites (tertiary alicyclic amines) is 1. The minimum Gasteiger partial charge on any atom is -0.385 e. The minimum atomic E-state index is -0.867. The molecule has 2 N–H and O–H groups in total. The van der Waals surface area contributed by atoms with Crippen molar-refractivity contribution in [3.63, 3.8) is 0 Å². The fraction of sp³-hybridized carbons (Fsp3) is 0.684. The van der Waals surface area contributed by atoms with Gasteiger partial charge in [0, 0.05) is 37.1 Å². The second-order valence-corrected chi connectivity index (χ2v) is 7.44. The maximum absolute atomic E-state index is 12.4. The molecule has 0 spiro atoms. The fourth-order valence-electron chi connectivity index (χ4n) is 3.21. The van der Waals surface area contributed by atoms with E-state index in [9.17, 15) is 9.90 Å². The SMILES string of the molecule is CC(C)CCC[C@H](C)NC(=O)N1CCC(O)(c2cccnc2)CC1. The Labute approximate surface area is 145 Å². The summed E-state index contributed by atoms with van der Waals surface area (Å²) in [6.45, 7) is 7.64. The molecule has 2 heterocycles. The summed E-state index contributed by atoms with van der Waals surface area (Å²) in [5.74, 6) is 0.708. The number of rotatable bonds is 6. The maximum atomic E-state index is 12.4. The van der Waals surface area contributed by atoms with Crippen LogP contribution >= 0.6 is 0 Å². The number of hydrogen-bond donors (Lipinski definition) is 2. The number of carbonyl (C=O) groups is 1. The van der Waals surface area contributed by atoms with E-state index in [-0.39, 0.29) is 12.1 Å². The summed E-state index contributed by atoms with van der Waals surface area (Å²) in [5.41, 5.74) is -0.0272. The number of urea groups is 1. The zero-order chi connectivity index (χ0) is 17.6. The van der Waals surface area contributed by atoms with E-state index in [1.54, 1.807) is 12.4 Å². The predicted octanol–water partition coefficient (Wildman–Crippen LogP) is 3.29. The first-order valence-corrected chi connectivity index (χ1v) is 9.09. The molecule has 1 atom stereocenters.